The van der Waals surface area contributed by atoms with E-state index in [1.807, 2.05) is 78.9 Å². The zero-order chi connectivity index (χ0) is 25.5. The normalized spacial score (nSPS) is 11.1. The number of hydrogen-bond acceptors (Lipinski definition) is 4. The zero-order valence-electron chi connectivity index (χ0n) is 21.0. The van der Waals surface area contributed by atoms with Gasteiger partial charge in [0.25, 0.3) is 5.91 Å². The van der Waals surface area contributed by atoms with Crippen molar-refractivity contribution in [2.45, 2.75) is 26.3 Å². The van der Waals surface area contributed by atoms with E-state index >= 15 is 0 Å². The Bertz CT molecular complexity index is 1360. The molecular weight excluding hydrogens is 450 g/mol. The lowest BCUT2D eigenvalue weighted by Crippen LogP contribution is -2.24. The predicted octanol–water partition coefficient (Wildman–Crippen LogP) is 6.32. The van der Waals surface area contributed by atoms with Crippen molar-refractivity contribution < 1.29 is 14.3 Å². The molecule has 4 aromatic rings. The fraction of sp³-hybridized carbons (Fsp3) is 0.200. The van der Waals surface area contributed by atoms with Crippen LogP contribution in [0.1, 0.15) is 52.6 Å². The molecule has 0 bridgehead atoms. The minimum absolute atomic E-state index is 0.141. The van der Waals surface area contributed by atoms with Gasteiger partial charge in [0.2, 0.25) is 0 Å². The summed E-state index contributed by atoms with van der Waals surface area (Å²) in [5.41, 5.74) is 6.19. The molecule has 6 nitrogen and oxygen atoms in total. The molecule has 4 rings (SSSR count). The van der Waals surface area contributed by atoms with Gasteiger partial charge in [-0.2, -0.15) is 0 Å². The van der Waals surface area contributed by atoms with Crippen LogP contribution >= 0.6 is 0 Å². The molecule has 2 aromatic carbocycles. The van der Waals surface area contributed by atoms with Crippen LogP contribution in [0.25, 0.3) is 23.4 Å². The first-order valence-electron chi connectivity index (χ1n) is 11.9. The Morgan fingerprint density at radius 1 is 1.00 bits per heavy atom. The highest BCUT2D eigenvalue weighted by Gasteiger charge is 2.19. The molecule has 1 amide bonds. The summed E-state index contributed by atoms with van der Waals surface area (Å²) < 4.78 is 10.7. The van der Waals surface area contributed by atoms with Crippen LogP contribution in [-0.4, -0.2) is 30.1 Å². The minimum atomic E-state index is -0.141. The third-order valence-corrected chi connectivity index (χ3v) is 5.94. The van der Waals surface area contributed by atoms with Crippen molar-refractivity contribution in [2.75, 3.05) is 14.2 Å². The van der Waals surface area contributed by atoms with E-state index in [0.717, 1.165) is 33.8 Å². The molecule has 0 aliphatic carbocycles. The van der Waals surface area contributed by atoms with Gasteiger partial charge < -0.3 is 19.8 Å². The van der Waals surface area contributed by atoms with Crippen LogP contribution < -0.4 is 14.8 Å². The second kappa shape index (κ2) is 11.4. The van der Waals surface area contributed by atoms with Crippen molar-refractivity contribution in [1.29, 1.82) is 0 Å². The Kier molecular flexibility index (Phi) is 7.85. The fourth-order valence-corrected chi connectivity index (χ4v) is 3.99. The van der Waals surface area contributed by atoms with Crippen molar-refractivity contribution in [3.05, 3.63) is 101 Å². The van der Waals surface area contributed by atoms with Gasteiger partial charge in [-0.05, 0) is 47.9 Å². The summed E-state index contributed by atoms with van der Waals surface area (Å²) in [6.45, 7) is 4.48. The maximum absolute atomic E-state index is 13.2. The maximum atomic E-state index is 13.2. The van der Waals surface area contributed by atoms with Gasteiger partial charge in [0, 0.05) is 41.3 Å². The molecule has 0 fully saturated rings. The summed E-state index contributed by atoms with van der Waals surface area (Å²) in [7, 11) is 3.21. The van der Waals surface area contributed by atoms with Crippen LogP contribution in [0.15, 0.2) is 72.9 Å². The van der Waals surface area contributed by atoms with Crippen LogP contribution in [0.4, 0.5) is 0 Å². The van der Waals surface area contributed by atoms with E-state index in [1.54, 1.807) is 20.4 Å². The Labute approximate surface area is 212 Å². The number of H-pyrrole nitrogens is 1. The lowest BCUT2D eigenvalue weighted by atomic mass is 10.1. The summed E-state index contributed by atoms with van der Waals surface area (Å²) in [4.78, 5) is 21.1. The molecule has 0 spiro atoms. The van der Waals surface area contributed by atoms with Gasteiger partial charge in [-0.3, -0.25) is 9.78 Å². The molecule has 0 radical (unpaired) electrons. The highest BCUT2D eigenvalue weighted by atomic mass is 16.5. The summed E-state index contributed by atoms with van der Waals surface area (Å²) in [6.07, 6.45) is 5.80. The number of ether oxygens (including phenoxy) is 2. The van der Waals surface area contributed by atoms with Crippen LogP contribution in [0.2, 0.25) is 0 Å². The maximum Gasteiger partial charge on any atom is 0.253 e. The van der Waals surface area contributed by atoms with Gasteiger partial charge >= 0.3 is 0 Å². The summed E-state index contributed by atoms with van der Waals surface area (Å²) in [5.74, 6) is 1.38. The largest absolute Gasteiger partial charge is 0.497 e. The molecule has 0 aliphatic heterocycles. The van der Waals surface area contributed by atoms with Gasteiger partial charge in [0.05, 0.1) is 25.5 Å². The number of aromatic nitrogens is 2. The molecule has 0 atom stereocenters. The van der Waals surface area contributed by atoms with Crippen molar-refractivity contribution in [1.82, 2.24) is 15.3 Å². The molecule has 0 saturated carbocycles. The first kappa shape index (κ1) is 24.8. The van der Waals surface area contributed by atoms with Gasteiger partial charge in [0.15, 0.2) is 0 Å². The van der Waals surface area contributed by atoms with Crippen LogP contribution in [-0.2, 0) is 6.54 Å². The number of nitrogens with zero attached hydrogens (tertiary/aromatic N) is 1. The average molecular weight is 482 g/mol. The van der Waals surface area contributed by atoms with E-state index in [4.69, 9.17) is 9.47 Å². The van der Waals surface area contributed by atoms with E-state index in [-0.39, 0.29) is 11.8 Å². The Hall–Kier alpha value is -4.32. The van der Waals surface area contributed by atoms with Gasteiger partial charge in [-0.25, -0.2) is 0 Å². The Morgan fingerprint density at radius 2 is 1.81 bits per heavy atom. The quantitative estimate of drug-likeness (QED) is 0.293. The monoisotopic (exact) mass is 481 g/mol. The van der Waals surface area contributed by atoms with Crippen molar-refractivity contribution in [2.24, 2.45) is 0 Å². The summed E-state index contributed by atoms with van der Waals surface area (Å²) >= 11 is 0. The molecule has 0 aliphatic rings. The van der Waals surface area contributed by atoms with E-state index < -0.39 is 0 Å². The first-order chi connectivity index (χ1) is 17.5. The second-order valence-corrected chi connectivity index (χ2v) is 8.74. The number of amides is 1. The van der Waals surface area contributed by atoms with Gasteiger partial charge in [0.1, 0.15) is 11.5 Å². The predicted molar refractivity (Wildman–Crippen MR) is 144 cm³/mol. The number of carbonyl (C=O) groups is 1. The lowest BCUT2D eigenvalue weighted by molar-refractivity contribution is 0.0949. The van der Waals surface area contributed by atoms with E-state index in [9.17, 15) is 4.79 Å². The first-order valence-corrected chi connectivity index (χ1v) is 11.9. The van der Waals surface area contributed by atoms with E-state index in [1.165, 1.54) is 0 Å². The minimum Gasteiger partial charge on any atom is -0.497 e. The Balaban J connectivity index is 1.55. The van der Waals surface area contributed by atoms with E-state index in [0.29, 0.717) is 23.6 Å². The topological polar surface area (TPSA) is 76.2 Å². The third kappa shape index (κ3) is 5.84. The molecule has 2 heterocycles. The molecule has 2 N–H and O–H groups in total. The number of aromatic amines is 1. The summed E-state index contributed by atoms with van der Waals surface area (Å²) in [6, 6.07) is 21.5. The standard InChI is InChI=1S/C30H31N3O3/c1-20(2)29-26(30(34)32-19-23-11-13-25(35-3)17-28(23)36-4)18-27(33-29)22-14-15-31-24(16-22)12-10-21-8-6-5-7-9-21/h5-18,20,33H,19H2,1-4H3,(H,32,34). The number of nitrogens with one attached hydrogen (secondary N) is 2. The number of pyridine rings is 1. The number of carbonyl (C=O) groups excluding carboxylic acids is 1. The van der Waals surface area contributed by atoms with Gasteiger partial charge in [-0.1, -0.05) is 50.3 Å². The number of hydrogen-bond donors (Lipinski definition) is 2. The van der Waals surface area contributed by atoms with E-state index in [2.05, 4.69) is 29.1 Å². The molecule has 184 valence electrons. The second-order valence-electron chi connectivity index (χ2n) is 8.74. The Morgan fingerprint density at radius 3 is 2.53 bits per heavy atom. The van der Waals surface area contributed by atoms with Crippen LogP contribution in [0.3, 0.4) is 0 Å². The SMILES string of the molecule is COc1ccc(CNC(=O)c2cc(-c3ccnc(C=Cc4ccccc4)c3)[nH]c2C(C)C)c(OC)c1. The fourth-order valence-electron chi connectivity index (χ4n) is 3.99. The van der Waals surface area contributed by atoms with Gasteiger partial charge in [-0.15, -0.1) is 0 Å². The highest BCUT2D eigenvalue weighted by Crippen LogP contribution is 2.28. The molecule has 0 saturated heterocycles. The zero-order valence-corrected chi connectivity index (χ0v) is 21.0. The van der Waals surface area contributed by atoms with Crippen LogP contribution in [0.5, 0.6) is 11.5 Å². The van der Waals surface area contributed by atoms with Crippen molar-refractivity contribution in [3.8, 4) is 22.8 Å². The highest BCUT2D eigenvalue weighted by molar-refractivity contribution is 5.97. The summed E-state index contributed by atoms with van der Waals surface area (Å²) in [5, 5.41) is 3.03. The number of methoxy groups -OCH3 is 2. The molecule has 6 heteroatoms. The molecule has 36 heavy (non-hydrogen) atoms. The average Bonchev–Trinajstić information content (AvgIpc) is 3.37. The molecular formula is C30H31N3O3. The number of benzene rings is 2. The van der Waals surface area contributed by atoms with Crippen molar-refractivity contribution >= 4 is 18.1 Å². The number of rotatable bonds is 9. The van der Waals surface area contributed by atoms with Crippen LogP contribution in [0, 0.1) is 0 Å². The smallest absolute Gasteiger partial charge is 0.253 e. The lowest BCUT2D eigenvalue weighted by Gasteiger charge is -2.12. The molecule has 0 unspecified atom stereocenters. The molecule has 2 aromatic heterocycles. The van der Waals surface area contributed by atoms with Crippen molar-refractivity contribution in [3.63, 3.8) is 0 Å². The third-order valence-electron chi connectivity index (χ3n) is 5.94.